The van der Waals surface area contributed by atoms with E-state index in [-0.39, 0.29) is 24.9 Å². The van der Waals surface area contributed by atoms with Crippen molar-refractivity contribution in [2.24, 2.45) is 0 Å². The lowest BCUT2D eigenvalue weighted by Gasteiger charge is -2.18. The lowest BCUT2D eigenvalue weighted by atomic mass is 10.2. The summed E-state index contributed by atoms with van der Waals surface area (Å²) in [4.78, 5) is 25.3. The van der Waals surface area contributed by atoms with Crippen LogP contribution in [0, 0.1) is 12.7 Å². The first kappa shape index (κ1) is 22.7. The minimum absolute atomic E-state index is 0.181. The molecule has 0 N–H and O–H groups in total. The maximum absolute atomic E-state index is 13.0. The first-order chi connectivity index (χ1) is 14.3. The molecule has 0 fully saturated rings. The molecule has 0 unspecified atom stereocenters. The van der Waals surface area contributed by atoms with Crippen LogP contribution in [-0.2, 0) is 25.7 Å². The molecule has 2 aromatic rings. The molecule has 158 valence electrons. The highest BCUT2D eigenvalue weighted by atomic mass is 19.1. The van der Waals surface area contributed by atoms with Gasteiger partial charge in [0.15, 0.2) is 6.61 Å². The smallest absolute Gasteiger partial charge is 0.343 e. The van der Waals surface area contributed by atoms with Crippen LogP contribution in [0.4, 0.5) is 10.1 Å². The molecule has 30 heavy (non-hydrogen) atoms. The van der Waals surface area contributed by atoms with Crippen molar-refractivity contribution < 1.29 is 28.2 Å². The molecule has 0 atom stereocenters. The van der Waals surface area contributed by atoms with Gasteiger partial charge in [-0.25, -0.2) is 9.18 Å². The average Bonchev–Trinajstić information content (AvgIpc) is 2.75. The van der Waals surface area contributed by atoms with Gasteiger partial charge in [-0.2, -0.15) is 0 Å². The standard InChI is InChI=1S/C23H24FNO5/c1-5-20(29-14-17-6-8-18(24)9-7-17)13-22(26)25(3)19-10-11-21(16(2)12-19)30-15-23(27)28-4/h5-13H,1,14-15H2,2-4H3. The molecular formula is C23H24FNO5. The highest BCUT2D eigenvalue weighted by Gasteiger charge is 2.12. The molecule has 0 radical (unpaired) electrons. The van der Waals surface area contributed by atoms with E-state index in [0.717, 1.165) is 11.1 Å². The van der Waals surface area contributed by atoms with E-state index in [4.69, 9.17) is 9.47 Å². The number of hydrogen-bond donors (Lipinski definition) is 0. The molecular weight excluding hydrogens is 389 g/mol. The highest BCUT2D eigenvalue weighted by molar-refractivity contribution is 6.01. The topological polar surface area (TPSA) is 65.1 Å². The number of anilines is 1. The Bertz CT molecular complexity index is 937. The fraction of sp³-hybridized carbons (Fsp3) is 0.217. The van der Waals surface area contributed by atoms with E-state index in [2.05, 4.69) is 11.3 Å². The van der Waals surface area contributed by atoms with Crippen molar-refractivity contribution in [3.63, 3.8) is 0 Å². The summed E-state index contributed by atoms with van der Waals surface area (Å²) in [5.74, 6) is -0.298. The number of nitrogens with zero attached hydrogens (tertiary/aromatic N) is 1. The van der Waals surface area contributed by atoms with Crippen LogP contribution in [0.5, 0.6) is 5.75 Å². The van der Waals surface area contributed by atoms with Crippen molar-refractivity contribution in [2.75, 3.05) is 25.7 Å². The summed E-state index contributed by atoms with van der Waals surface area (Å²) in [7, 11) is 2.92. The molecule has 0 aromatic heterocycles. The number of hydrogen-bond acceptors (Lipinski definition) is 5. The van der Waals surface area contributed by atoms with Crippen molar-refractivity contribution >= 4 is 17.6 Å². The van der Waals surface area contributed by atoms with Crippen molar-refractivity contribution in [1.29, 1.82) is 0 Å². The van der Waals surface area contributed by atoms with Crippen LogP contribution in [-0.4, -0.2) is 32.6 Å². The molecule has 0 saturated heterocycles. The number of aryl methyl sites for hydroxylation is 1. The molecule has 0 aliphatic heterocycles. The number of esters is 1. The van der Waals surface area contributed by atoms with Gasteiger partial charge in [0.25, 0.3) is 5.91 Å². The number of carbonyl (C=O) groups is 2. The summed E-state index contributed by atoms with van der Waals surface area (Å²) in [6.07, 6.45) is 2.76. The van der Waals surface area contributed by atoms with Gasteiger partial charge < -0.3 is 19.1 Å². The van der Waals surface area contributed by atoms with Crippen LogP contribution < -0.4 is 9.64 Å². The number of benzene rings is 2. The van der Waals surface area contributed by atoms with Gasteiger partial charge in [-0.1, -0.05) is 18.7 Å². The van der Waals surface area contributed by atoms with E-state index in [9.17, 15) is 14.0 Å². The Hall–Kier alpha value is -3.61. The van der Waals surface area contributed by atoms with E-state index in [1.54, 1.807) is 37.4 Å². The summed E-state index contributed by atoms with van der Waals surface area (Å²) in [5.41, 5.74) is 2.17. The summed E-state index contributed by atoms with van der Waals surface area (Å²) < 4.78 is 28.5. The number of amides is 1. The molecule has 0 saturated carbocycles. The number of carbonyl (C=O) groups excluding carboxylic acids is 2. The SMILES string of the molecule is C=CC(=CC(=O)N(C)c1ccc(OCC(=O)OC)c(C)c1)OCc1ccc(F)cc1. The zero-order valence-electron chi connectivity index (χ0n) is 17.2. The number of allylic oxidation sites excluding steroid dienone is 1. The van der Waals surface area contributed by atoms with E-state index >= 15 is 0 Å². The zero-order chi connectivity index (χ0) is 22.1. The molecule has 2 rings (SSSR count). The van der Waals surface area contributed by atoms with E-state index < -0.39 is 5.97 Å². The summed E-state index contributed by atoms with van der Waals surface area (Å²) >= 11 is 0. The van der Waals surface area contributed by atoms with Crippen molar-refractivity contribution in [3.8, 4) is 5.75 Å². The van der Waals surface area contributed by atoms with Crippen LogP contribution in [0.25, 0.3) is 0 Å². The maximum atomic E-state index is 13.0. The Morgan fingerprint density at radius 2 is 1.87 bits per heavy atom. The van der Waals surface area contributed by atoms with Gasteiger partial charge >= 0.3 is 5.97 Å². The Kier molecular flexibility index (Phi) is 8.17. The summed E-state index contributed by atoms with van der Waals surface area (Å²) in [6.45, 7) is 5.46. The van der Waals surface area contributed by atoms with Crippen molar-refractivity contribution in [1.82, 2.24) is 0 Å². The second-order valence-electron chi connectivity index (χ2n) is 6.38. The summed E-state index contributed by atoms with van der Waals surface area (Å²) in [5, 5.41) is 0. The van der Waals surface area contributed by atoms with Crippen LogP contribution in [0.3, 0.4) is 0 Å². The first-order valence-electron chi connectivity index (χ1n) is 9.13. The Morgan fingerprint density at radius 1 is 1.17 bits per heavy atom. The molecule has 0 aliphatic carbocycles. The van der Waals surface area contributed by atoms with E-state index in [0.29, 0.717) is 17.2 Å². The molecule has 7 heteroatoms. The van der Waals surface area contributed by atoms with Crippen molar-refractivity contribution in [2.45, 2.75) is 13.5 Å². The number of ether oxygens (including phenoxy) is 3. The lowest BCUT2D eigenvalue weighted by molar-refractivity contribution is -0.142. The van der Waals surface area contributed by atoms with Gasteiger partial charge in [-0.3, -0.25) is 4.79 Å². The maximum Gasteiger partial charge on any atom is 0.343 e. The van der Waals surface area contributed by atoms with E-state index in [1.807, 2.05) is 6.92 Å². The monoisotopic (exact) mass is 413 g/mol. The van der Waals surface area contributed by atoms with Crippen LogP contribution in [0.2, 0.25) is 0 Å². The predicted octanol–water partition coefficient (Wildman–Crippen LogP) is 3.94. The molecule has 0 spiro atoms. The minimum atomic E-state index is -0.478. The second kappa shape index (κ2) is 10.8. The summed E-state index contributed by atoms with van der Waals surface area (Å²) in [6, 6.07) is 11.1. The number of likely N-dealkylation sites (N-methyl/N-ethyl adjacent to an activating group) is 1. The second-order valence-corrected chi connectivity index (χ2v) is 6.38. The number of methoxy groups -OCH3 is 1. The third kappa shape index (κ3) is 6.48. The van der Waals surface area contributed by atoms with Gasteiger partial charge in [-0.05, 0) is 54.5 Å². The van der Waals surface area contributed by atoms with Crippen LogP contribution >= 0.6 is 0 Å². The molecule has 2 aromatic carbocycles. The average molecular weight is 413 g/mol. The fourth-order valence-electron chi connectivity index (χ4n) is 2.45. The Labute approximate surface area is 175 Å². The Morgan fingerprint density at radius 3 is 2.47 bits per heavy atom. The van der Waals surface area contributed by atoms with Gasteiger partial charge in [-0.15, -0.1) is 0 Å². The molecule has 0 heterocycles. The van der Waals surface area contributed by atoms with Gasteiger partial charge in [0.1, 0.15) is 23.9 Å². The van der Waals surface area contributed by atoms with Crippen molar-refractivity contribution in [3.05, 3.63) is 83.9 Å². The number of rotatable bonds is 9. The third-order valence-electron chi connectivity index (χ3n) is 4.24. The lowest BCUT2D eigenvalue weighted by Crippen LogP contribution is -2.24. The van der Waals surface area contributed by atoms with Gasteiger partial charge in [0.2, 0.25) is 0 Å². The van der Waals surface area contributed by atoms with Gasteiger partial charge in [0, 0.05) is 18.8 Å². The minimum Gasteiger partial charge on any atom is -0.489 e. The molecule has 1 amide bonds. The number of halogens is 1. The van der Waals surface area contributed by atoms with Gasteiger partial charge in [0.05, 0.1) is 7.11 Å². The molecule has 6 nitrogen and oxygen atoms in total. The van der Waals surface area contributed by atoms with Crippen LogP contribution in [0.1, 0.15) is 11.1 Å². The quantitative estimate of drug-likeness (QED) is 0.270. The molecule has 0 aliphatic rings. The largest absolute Gasteiger partial charge is 0.489 e. The Balaban J connectivity index is 2.03. The fourth-order valence-corrected chi connectivity index (χ4v) is 2.45. The highest BCUT2D eigenvalue weighted by Crippen LogP contribution is 2.24. The first-order valence-corrected chi connectivity index (χ1v) is 9.13. The predicted molar refractivity (Wildman–Crippen MR) is 112 cm³/mol. The van der Waals surface area contributed by atoms with E-state index in [1.165, 1.54) is 36.3 Å². The normalized spacial score (nSPS) is 10.9. The zero-order valence-corrected chi connectivity index (χ0v) is 17.2. The third-order valence-corrected chi connectivity index (χ3v) is 4.24. The molecule has 0 bridgehead atoms. The van der Waals surface area contributed by atoms with Crippen LogP contribution in [0.15, 0.2) is 67.0 Å².